The fourth-order valence-electron chi connectivity index (χ4n) is 6.85. The van der Waals surface area contributed by atoms with E-state index in [4.69, 9.17) is 4.90 Å². The summed E-state index contributed by atoms with van der Waals surface area (Å²) in [6.07, 6.45) is 0. The zero-order chi connectivity index (χ0) is 31.1. The highest BCUT2D eigenvalue weighted by Crippen LogP contribution is 2.44. The van der Waals surface area contributed by atoms with Crippen LogP contribution in [0.25, 0.3) is 32.7 Å². The zero-order valence-electron chi connectivity index (χ0n) is 24.2. The Morgan fingerprint density at radius 3 is 1.96 bits per heavy atom. The normalized spacial score (nSPS) is 16.0. The summed E-state index contributed by atoms with van der Waals surface area (Å²) in [4.78, 5) is 19.1. The molecule has 0 fully saturated rings. The highest BCUT2D eigenvalue weighted by molar-refractivity contribution is 6.80. The molecule has 1 aliphatic carbocycles. The lowest BCUT2D eigenvalue weighted by Crippen LogP contribution is -2.48. The Bertz CT molecular complexity index is 2460. The van der Waals surface area contributed by atoms with Crippen LogP contribution in [-0.2, 0) is 4.79 Å². The number of anilines is 3. The summed E-state index contributed by atoms with van der Waals surface area (Å²) in [7, 11) is 0. The number of nitrogens with zero attached hydrogens (tertiary/aromatic N) is 1. The van der Waals surface area contributed by atoms with Crippen molar-refractivity contribution in [1.29, 1.82) is 0 Å². The molecule has 46 heavy (non-hydrogen) atoms. The quantitative estimate of drug-likeness (QED) is 0.199. The van der Waals surface area contributed by atoms with Gasteiger partial charge in [-0.3, -0.25) is 4.79 Å². The second-order valence-electron chi connectivity index (χ2n) is 11.7. The summed E-state index contributed by atoms with van der Waals surface area (Å²) in [6.45, 7) is -0.813. The molecule has 6 aromatic carbocycles. The maximum Gasteiger partial charge on any atom is 0.427 e. The van der Waals surface area contributed by atoms with E-state index in [2.05, 4.69) is 15.7 Å². The summed E-state index contributed by atoms with van der Waals surface area (Å²) >= 11 is 0. The van der Waals surface area contributed by atoms with Crippen molar-refractivity contribution in [2.75, 3.05) is 15.7 Å². The van der Waals surface area contributed by atoms with Crippen LogP contribution in [0.2, 0.25) is 0 Å². The molecule has 10 heteroatoms. The minimum Gasteiger partial charge on any atom is -0.871 e. The van der Waals surface area contributed by atoms with Gasteiger partial charge in [0, 0.05) is 49.8 Å². The van der Waals surface area contributed by atoms with Crippen LogP contribution in [0.5, 0.6) is 11.5 Å². The molecule has 0 saturated heterocycles. The molecule has 2 heterocycles. The van der Waals surface area contributed by atoms with Gasteiger partial charge in [0.1, 0.15) is 11.5 Å². The van der Waals surface area contributed by atoms with E-state index in [9.17, 15) is 20.1 Å². The smallest absolute Gasteiger partial charge is 0.427 e. The number of ketones is 1. The SMILES string of the molecule is O=C1C(c2ccc3cccc4c3c2NB(c2ccc(O)cc2)N4)=C([O-])/C1=c1/ccc2cccc3c2c1=NB(c1ccc(O)cc1)N3. The standard InChI is InChI=1S/C36H24B2N4O4/c43-23-13-9-21(10-14-23)37-39-27-5-1-3-19-7-17-25(33(41-37)29(19)27)31-35(45)32(36(31)46)26-18-8-20-4-2-6-28-30(20)34(26)42-38(40-28)22-11-15-24(44)16-12-22/h1-18,39-41,43-45H/p-1/b32-26+. The van der Waals surface area contributed by atoms with Crippen molar-refractivity contribution < 1.29 is 20.1 Å². The van der Waals surface area contributed by atoms with E-state index in [-0.39, 0.29) is 41.2 Å². The third-order valence-electron chi connectivity index (χ3n) is 9.08. The predicted octanol–water partition coefficient (Wildman–Crippen LogP) is 2.58. The Kier molecular flexibility index (Phi) is 5.52. The van der Waals surface area contributed by atoms with Gasteiger partial charge in [-0.25, -0.2) is 0 Å². The highest BCUT2D eigenvalue weighted by atomic mass is 16.3. The number of nitrogens with one attached hydrogen (secondary N) is 3. The van der Waals surface area contributed by atoms with E-state index in [0.717, 1.165) is 43.8 Å². The number of aromatic hydroxyl groups is 2. The van der Waals surface area contributed by atoms with Crippen LogP contribution < -0.4 is 42.3 Å². The van der Waals surface area contributed by atoms with Crippen LogP contribution >= 0.6 is 0 Å². The molecule has 0 amide bonds. The van der Waals surface area contributed by atoms with Crippen molar-refractivity contribution in [3.63, 3.8) is 0 Å². The third kappa shape index (κ3) is 3.83. The lowest BCUT2D eigenvalue weighted by atomic mass is 9.65. The van der Waals surface area contributed by atoms with E-state index in [1.807, 2.05) is 72.8 Å². The van der Waals surface area contributed by atoms with Crippen LogP contribution in [0.1, 0.15) is 5.56 Å². The van der Waals surface area contributed by atoms with Gasteiger partial charge in [-0.1, -0.05) is 78.6 Å². The van der Waals surface area contributed by atoms with Crippen molar-refractivity contribution in [1.82, 2.24) is 0 Å². The Balaban J connectivity index is 1.24. The second kappa shape index (κ2) is 9.67. The molecule has 3 aliphatic rings. The molecule has 0 unspecified atom stereocenters. The Hall–Kier alpha value is -6.15. The molecule has 0 radical (unpaired) electrons. The highest BCUT2D eigenvalue weighted by Gasteiger charge is 2.35. The Morgan fingerprint density at radius 1 is 0.630 bits per heavy atom. The Morgan fingerprint density at radius 2 is 1.26 bits per heavy atom. The Labute approximate surface area is 263 Å². The van der Waals surface area contributed by atoms with Crippen LogP contribution in [-0.4, -0.2) is 30.0 Å². The van der Waals surface area contributed by atoms with Crippen molar-refractivity contribution in [3.05, 3.63) is 131 Å². The van der Waals surface area contributed by atoms with E-state index in [1.165, 1.54) is 0 Å². The first-order valence-corrected chi connectivity index (χ1v) is 15.0. The molecule has 8 nitrogen and oxygen atoms in total. The van der Waals surface area contributed by atoms with Crippen LogP contribution in [0.15, 0.2) is 120 Å². The van der Waals surface area contributed by atoms with E-state index < -0.39 is 6.98 Å². The molecule has 0 atom stereocenters. The van der Waals surface area contributed by atoms with Gasteiger partial charge in [0.2, 0.25) is 0 Å². The summed E-state index contributed by atoms with van der Waals surface area (Å²) in [6, 6.07) is 33.1. The van der Waals surface area contributed by atoms with Crippen LogP contribution in [0.4, 0.5) is 17.1 Å². The fourth-order valence-corrected chi connectivity index (χ4v) is 6.85. The number of carbonyl (C=O) groups excluding carboxylic acids is 1. The molecule has 0 spiro atoms. The predicted molar refractivity (Wildman–Crippen MR) is 182 cm³/mol. The first-order chi connectivity index (χ1) is 22.4. The zero-order valence-corrected chi connectivity index (χ0v) is 24.2. The number of phenols is 2. The van der Waals surface area contributed by atoms with Gasteiger partial charge in [-0.05, 0) is 58.1 Å². The van der Waals surface area contributed by atoms with Crippen LogP contribution in [0, 0.1) is 0 Å². The molecule has 6 aromatic rings. The maximum absolute atomic E-state index is 14.1. The molecule has 218 valence electrons. The number of hydrogen-bond donors (Lipinski definition) is 5. The first-order valence-electron chi connectivity index (χ1n) is 15.0. The molecular formula is C36H23B2N4O4-. The number of benzene rings is 6. The topological polar surface area (TPSA) is 129 Å². The third-order valence-corrected chi connectivity index (χ3v) is 9.08. The lowest BCUT2D eigenvalue weighted by molar-refractivity contribution is -0.292. The molecule has 5 N–H and O–H groups in total. The summed E-state index contributed by atoms with van der Waals surface area (Å²) < 4.78 is 0. The van der Waals surface area contributed by atoms with E-state index in [0.29, 0.717) is 21.8 Å². The number of rotatable bonds is 3. The second-order valence-corrected chi connectivity index (χ2v) is 11.7. The number of Topliss-reactive ketones (excluding diaryl/α,β-unsaturated/α-hetero) is 1. The fraction of sp³-hybridized carbons (Fsp3) is 0. The molecule has 0 aromatic heterocycles. The maximum atomic E-state index is 14.1. The van der Waals surface area contributed by atoms with Crippen molar-refractivity contribution in [3.8, 4) is 11.5 Å². The number of phenolic OH excluding ortho intramolecular Hbond substituents is 2. The molecule has 9 rings (SSSR count). The van der Waals surface area contributed by atoms with E-state index in [1.54, 1.807) is 36.4 Å². The van der Waals surface area contributed by atoms with E-state index >= 15 is 0 Å². The lowest BCUT2D eigenvalue weighted by Gasteiger charge is -2.35. The molecule has 2 aliphatic heterocycles. The van der Waals surface area contributed by atoms with Gasteiger partial charge in [0.25, 0.3) is 0 Å². The van der Waals surface area contributed by atoms with Gasteiger partial charge in [0.05, 0.1) is 5.36 Å². The molecule has 0 saturated carbocycles. The summed E-state index contributed by atoms with van der Waals surface area (Å²) in [5.41, 5.74) is 5.01. The van der Waals surface area contributed by atoms with Crippen molar-refractivity contribution >= 4 is 80.4 Å². The van der Waals surface area contributed by atoms with Crippen LogP contribution in [0.3, 0.4) is 0 Å². The van der Waals surface area contributed by atoms with Crippen molar-refractivity contribution in [2.24, 2.45) is 4.90 Å². The van der Waals surface area contributed by atoms with Gasteiger partial charge >= 0.3 is 14.0 Å². The largest absolute Gasteiger partial charge is 0.871 e. The molecular weight excluding hydrogens is 574 g/mol. The monoisotopic (exact) mass is 597 g/mol. The van der Waals surface area contributed by atoms with Gasteiger partial charge < -0.3 is 35.9 Å². The number of hydrogen-bond acceptors (Lipinski definition) is 8. The minimum absolute atomic E-state index is 0.126. The number of allylic oxidation sites excluding steroid dienone is 2. The minimum atomic E-state index is -0.467. The van der Waals surface area contributed by atoms with Gasteiger partial charge in [0.15, 0.2) is 5.78 Å². The van der Waals surface area contributed by atoms with Crippen molar-refractivity contribution in [2.45, 2.75) is 0 Å². The van der Waals surface area contributed by atoms with Gasteiger partial charge in [-0.15, -0.1) is 0 Å². The summed E-state index contributed by atoms with van der Waals surface area (Å²) in [5, 5.41) is 49.0. The average molecular weight is 597 g/mol. The summed E-state index contributed by atoms with van der Waals surface area (Å²) in [5.74, 6) is -0.305. The molecule has 0 bridgehead atoms. The van der Waals surface area contributed by atoms with Gasteiger partial charge in [-0.2, -0.15) is 0 Å². The first kappa shape index (κ1) is 26.3. The average Bonchev–Trinajstić information content (AvgIpc) is 3.08. The number of carbonyl (C=O) groups is 1.